The molecule has 0 unspecified atom stereocenters. The highest BCUT2D eigenvalue weighted by Gasteiger charge is 2.19. The lowest BCUT2D eigenvalue weighted by Crippen LogP contribution is -2.15. The first-order chi connectivity index (χ1) is 9.79. The fraction of sp³-hybridized carbons (Fsp3) is 0.312. The van der Waals surface area contributed by atoms with Crippen molar-refractivity contribution >= 4 is 15.9 Å². The van der Waals surface area contributed by atoms with E-state index in [2.05, 4.69) is 38.4 Å². The Balaban J connectivity index is 1.52. The van der Waals surface area contributed by atoms with Gasteiger partial charge in [0.15, 0.2) is 0 Å². The highest BCUT2D eigenvalue weighted by atomic mass is 79.9. The van der Waals surface area contributed by atoms with Crippen LogP contribution in [-0.2, 0) is 13.2 Å². The molecule has 0 radical (unpaired) electrons. The summed E-state index contributed by atoms with van der Waals surface area (Å²) in [5, 5.41) is 3.50. The topological polar surface area (TPSA) is 34.1 Å². The number of hydrogen-bond acceptors (Lipinski definition) is 3. The molecule has 1 N–H and O–H groups in total. The minimum absolute atomic E-state index is 0.534. The molecule has 0 amide bonds. The van der Waals surface area contributed by atoms with Crippen LogP contribution in [0.2, 0.25) is 0 Å². The zero-order valence-electron chi connectivity index (χ0n) is 11.2. The first-order valence-corrected chi connectivity index (χ1v) is 7.63. The third kappa shape index (κ3) is 4.05. The summed E-state index contributed by atoms with van der Waals surface area (Å²) in [5.41, 5.74) is 2.35. The molecule has 0 saturated heterocycles. The third-order valence-electron chi connectivity index (χ3n) is 3.26. The number of benzene rings is 1. The molecular weight excluding hydrogens is 316 g/mol. The molecule has 1 saturated carbocycles. The van der Waals surface area contributed by atoms with E-state index >= 15 is 0 Å². The Hall–Kier alpha value is -1.39. The Labute approximate surface area is 127 Å². The summed E-state index contributed by atoms with van der Waals surface area (Å²) in [6, 6.07) is 11.0. The van der Waals surface area contributed by atoms with Gasteiger partial charge in [-0.1, -0.05) is 12.1 Å². The number of aromatic nitrogens is 1. The predicted molar refractivity (Wildman–Crippen MR) is 82.6 cm³/mol. The Morgan fingerprint density at radius 1 is 1.15 bits per heavy atom. The van der Waals surface area contributed by atoms with Gasteiger partial charge in [0.25, 0.3) is 0 Å². The monoisotopic (exact) mass is 332 g/mol. The number of rotatable bonds is 6. The van der Waals surface area contributed by atoms with Crippen molar-refractivity contribution in [1.29, 1.82) is 0 Å². The molecule has 1 fully saturated rings. The molecule has 3 rings (SSSR count). The molecular formula is C16H17BrN2O. The number of halogens is 1. The van der Waals surface area contributed by atoms with Crippen molar-refractivity contribution in [2.24, 2.45) is 0 Å². The van der Waals surface area contributed by atoms with Gasteiger partial charge in [-0.05, 0) is 52.5 Å². The van der Waals surface area contributed by atoms with Crippen molar-refractivity contribution in [2.45, 2.75) is 32.0 Å². The molecule has 1 heterocycles. The summed E-state index contributed by atoms with van der Waals surface area (Å²) >= 11 is 3.41. The van der Waals surface area contributed by atoms with Crippen molar-refractivity contribution in [3.63, 3.8) is 0 Å². The number of hydrogen-bond donors (Lipinski definition) is 1. The second-order valence-corrected chi connectivity index (χ2v) is 6.01. The van der Waals surface area contributed by atoms with Crippen LogP contribution in [0.3, 0.4) is 0 Å². The van der Waals surface area contributed by atoms with E-state index < -0.39 is 0 Å². The lowest BCUT2D eigenvalue weighted by Gasteiger charge is -2.08. The van der Waals surface area contributed by atoms with Gasteiger partial charge in [0, 0.05) is 35.0 Å². The predicted octanol–water partition coefficient (Wildman–Crippen LogP) is 3.68. The minimum Gasteiger partial charge on any atom is -0.489 e. The number of pyridine rings is 1. The summed E-state index contributed by atoms with van der Waals surface area (Å²) < 4.78 is 6.73. The molecule has 20 heavy (non-hydrogen) atoms. The Morgan fingerprint density at radius 2 is 1.95 bits per heavy atom. The average molecular weight is 333 g/mol. The SMILES string of the molecule is Brc1cncc(COc2ccc(CNC3CC3)cc2)c1. The summed E-state index contributed by atoms with van der Waals surface area (Å²) in [5.74, 6) is 0.889. The fourth-order valence-electron chi connectivity index (χ4n) is 1.95. The minimum atomic E-state index is 0.534. The van der Waals surface area contributed by atoms with E-state index in [-0.39, 0.29) is 0 Å². The summed E-state index contributed by atoms with van der Waals surface area (Å²) in [4.78, 5) is 4.12. The molecule has 1 aliphatic carbocycles. The van der Waals surface area contributed by atoms with Crippen LogP contribution < -0.4 is 10.1 Å². The first kappa shape index (κ1) is 13.6. The second-order valence-electron chi connectivity index (χ2n) is 5.10. The van der Waals surface area contributed by atoms with E-state index in [9.17, 15) is 0 Å². The van der Waals surface area contributed by atoms with Gasteiger partial charge in [0.05, 0.1) is 0 Å². The normalized spacial score (nSPS) is 14.2. The molecule has 0 spiro atoms. The van der Waals surface area contributed by atoms with Crippen molar-refractivity contribution in [1.82, 2.24) is 10.3 Å². The molecule has 0 atom stereocenters. The van der Waals surface area contributed by atoms with Crippen LogP contribution in [0.5, 0.6) is 5.75 Å². The van der Waals surface area contributed by atoms with Crippen molar-refractivity contribution in [3.8, 4) is 5.75 Å². The van der Waals surface area contributed by atoms with Crippen LogP contribution >= 0.6 is 15.9 Å². The maximum atomic E-state index is 5.76. The van der Waals surface area contributed by atoms with E-state index in [1.807, 2.05) is 24.4 Å². The largest absolute Gasteiger partial charge is 0.489 e. The molecule has 1 aromatic heterocycles. The summed E-state index contributed by atoms with van der Waals surface area (Å²) in [6.45, 7) is 1.48. The van der Waals surface area contributed by atoms with Gasteiger partial charge in [-0.15, -0.1) is 0 Å². The lowest BCUT2D eigenvalue weighted by atomic mass is 10.2. The first-order valence-electron chi connectivity index (χ1n) is 6.84. The van der Waals surface area contributed by atoms with Gasteiger partial charge < -0.3 is 10.1 Å². The quantitative estimate of drug-likeness (QED) is 0.876. The summed E-state index contributed by atoms with van der Waals surface area (Å²) in [7, 11) is 0. The van der Waals surface area contributed by atoms with Crippen LogP contribution in [0.4, 0.5) is 0 Å². The van der Waals surface area contributed by atoms with E-state index in [1.165, 1.54) is 18.4 Å². The Kier molecular flexibility index (Phi) is 4.33. The molecule has 4 heteroatoms. The Bertz CT molecular complexity index is 567. The number of nitrogens with one attached hydrogen (secondary N) is 1. The molecule has 104 valence electrons. The number of ether oxygens (including phenoxy) is 1. The van der Waals surface area contributed by atoms with Gasteiger partial charge in [0.1, 0.15) is 12.4 Å². The van der Waals surface area contributed by atoms with E-state index in [0.29, 0.717) is 6.61 Å². The summed E-state index contributed by atoms with van der Waals surface area (Å²) in [6.07, 6.45) is 6.23. The zero-order chi connectivity index (χ0) is 13.8. The van der Waals surface area contributed by atoms with Gasteiger partial charge in [-0.2, -0.15) is 0 Å². The van der Waals surface area contributed by atoms with Crippen LogP contribution in [0.1, 0.15) is 24.0 Å². The van der Waals surface area contributed by atoms with E-state index in [1.54, 1.807) is 6.20 Å². The van der Waals surface area contributed by atoms with Crippen molar-refractivity contribution in [3.05, 3.63) is 58.3 Å². The molecule has 0 bridgehead atoms. The highest BCUT2D eigenvalue weighted by molar-refractivity contribution is 9.10. The molecule has 2 aromatic rings. The number of nitrogens with zero attached hydrogens (tertiary/aromatic N) is 1. The van der Waals surface area contributed by atoms with Gasteiger partial charge in [-0.25, -0.2) is 0 Å². The molecule has 3 nitrogen and oxygen atoms in total. The fourth-order valence-corrected chi connectivity index (χ4v) is 2.37. The van der Waals surface area contributed by atoms with Gasteiger partial charge in [-0.3, -0.25) is 4.98 Å². The zero-order valence-corrected chi connectivity index (χ0v) is 12.8. The van der Waals surface area contributed by atoms with Crippen LogP contribution in [-0.4, -0.2) is 11.0 Å². The maximum Gasteiger partial charge on any atom is 0.119 e. The molecule has 1 aromatic carbocycles. The molecule has 0 aliphatic heterocycles. The van der Waals surface area contributed by atoms with E-state index in [0.717, 1.165) is 28.4 Å². The smallest absolute Gasteiger partial charge is 0.119 e. The van der Waals surface area contributed by atoms with Gasteiger partial charge >= 0.3 is 0 Å². The highest BCUT2D eigenvalue weighted by Crippen LogP contribution is 2.20. The standard InChI is InChI=1S/C16H17BrN2O/c17-14-7-13(8-18-10-14)11-20-16-5-1-12(2-6-16)9-19-15-3-4-15/h1-2,5-8,10,15,19H,3-4,9,11H2. The second kappa shape index (κ2) is 6.37. The van der Waals surface area contributed by atoms with Crippen molar-refractivity contribution < 1.29 is 4.74 Å². The Morgan fingerprint density at radius 3 is 2.65 bits per heavy atom. The third-order valence-corrected chi connectivity index (χ3v) is 3.70. The van der Waals surface area contributed by atoms with Crippen LogP contribution in [0, 0.1) is 0 Å². The average Bonchev–Trinajstić information content (AvgIpc) is 3.28. The molecule has 1 aliphatic rings. The van der Waals surface area contributed by atoms with Gasteiger partial charge in [0.2, 0.25) is 0 Å². The van der Waals surface area contributed by atoms with E-state index in [4.69, 9.17) is 4.74 Å². The van der Waals surface area contributed by atoms with Crippen LogP contribution in [0.15, 0.2) is 47.2 Å². The lowest BCUT2D eigenvalue weighted by molar-refractivity contribution is 0.305. The van der Waals surface area contributed by atoms with Crippen molar-refractivity contribution in [2.75, 3.05) is 0 Å². The maximum absolute atomic E-state index is 5.76. The van der Waals surface area contributed by atoms with Crippen LogP contribution in [0.25, 0.3) is 0 Å².